The first kappa shape index (κ1) is 12.1. The lowest BCUT2D eigenvalue weighted by Gasteiger charge is -2.01. The van der Waals surface area contributed by atoms with Crippen molar-refractivity contribution >= 4 is 5.91 Å². The van der Waals surface area contributed by atoms with E-state index in [9.17, 15) is 4.79 Å². The summed E-state index contributed by atoms with van der Waals surface area (Å²) in [6, 6.07) is 1.85. The van der Waals surface area contributed by atoms with Gasteiger partial charge in [0.2, 0.25) is 0 Å². The van der Waals surface area contributed by atoms with E-state index in [1.54, 1.807) is 7.11 Å². The summed E-state index contributed by atoms with van der Waals surface area (Å²) in [5.74, 6) is -0.136. The molecule has 0 saturated heterocycles. The van der Waals surface area contributed by atoms with Crippen molar-refractivity contribution in [3.8, 4) is 0 Å². The van der Waals surface area contributed by atoms with Gasteiger partial charge < -0.3 is 15.4 Å². The highest BCUT2D eigenvalue weighted by Gasteiger charge is 2.15. The van der Waals surface area contributed by atoms with Gasteiger partial charge in [-0.3, -0.25) is 9.48 Å². The number of aromatic nitrogens is 2. The largest absolute Gasteiger partial charge is 0.383 e. The van der Waals surface area contributed by atoms with E-state index in [-0.39, 0.29) is 5.91 Å². The second kappa shape index (κ2) is 5.79. The minimum absolute atomic E-state index is 0.136. The summed E-state index contributed by atoms with van der Waals surface area (Å²) in [5, 5.41) is 10.4. The summed E-state index contributed by atoms with van der Waals surface area (Å²) in [5.41, 5.74) is 1.55. The molecule has 0 radical (unpaired) electrons. The van der Waals surface area contributed by atoms with Gasteiger partial charge in [0.1, 0.15) is 5.69 Å². The van der Waals surface area contributed by atoms with Crippen LogP contribution in [0.2, 0.25) is 0 Å². The molecule has 0 saturated carbocycles. The Labute approximate surface area is 100 Å². The van der Waals surface area contributed by atoms with Crippen molar-refractivity contribution < 1.29 is 9.53 Å². The predicted octanol–water partition coefficient (Wildman–Crippen LogP) is -0.247. The molecule has 2 N–H and O–H groups in total. The van der Waals surface area contributed by atoms with Crippen molar-refractivity contribution in [3.63, 3.8) is 0 Å². The molecule has 17 heavy (non-hydrogen) atoms. The molecule has 0 fully saturated rings. The molecule has 1 aromatic heterocycles. The lowest BCUT2D eigenvalue weighted by atomic mass is 10.3. The molecular weight excluding hydrogens is 220 g/mol. The van der Waals surface area contributed by atoms with E-state index in [2.05, 4.69) is 15.7 Å². The zero-order valence-electron chi connectivity index (χ0n) is 10.0. The van der Waals surface area contributed by atoms with Crippen LogP contribution in [0.5, 0.6) is 0 Å². The van der Waals surface area contributed by atoms with Gasteiger partial charge in [0, 0.05) is 26.7 Å². The van der Waals surface area contributed by atoms with Crippen LogP contribution in [0.15, 0.2) is 6.07 Å². The van der Waals surface area contributed by atoms with Crippen LogP contribution >= 0.6 is 0 Å². The fourth-order valence-corrected chi connectivity index (χ4v) is 1.83. The second-order valence-electron chi connectivity index (χ2n) is 4.02. The SMILES string of the molecule is COCCNC(=O)c1cc2n(n1)CCCNC2. The highest BCUT2D eigenvalue weighted by Crippen LogP contribution is 2.08. The van der Waals surface area contributed by atoms with E-state index in [4.69, 9.17) is 4.74 Å². The minimum Gasteiger partial charge on any atom is -0.383 e. The van der Waals surface area contributed by atoms with Crippen molar-refractivity contribution in [2.45, 2.75) is 19.5 Å². The number of nitrogens with zero attached hydrogens (tertiary/aromatic N) is 2. The third-order valence-corrected chi connectivity index (χ3v) is 2.72. The van der Waals surface area contributed by atoms with Gasteiger partial charge in [-0.2, -0.15) is 5.10 Å². The molecule has 1 aliphatic heterocycles. The van der Waals surface area contributed by atoms with Crippen LogP contribution in [0.1, 0.15) is 22.6 Å². The molecule has 1 amide bonds. The van der Waals surface area contributed by atoms with E-state index in [0.717, 1.165) is 31.7 Å². The van der Waals surface area contributed by atoms with E-state index in [1.165, 1.54) is 0 Å². The first-order valence-corrected chi connectivity index (χ1v) is 5.86. The Morgan fingerprint density at radius 2 is 2.59 bits per heavy atom. The molecule has 0 spiro atoms. The Hall–Kier alpha value is -1.40. The number of nitrogens with one attached hydrogen (secondary N) is 2. The summed E-state index contributed by atoms with van der Waals surface area (Å²) < 4.78 is 6.78. The normalized spacial score (nSPS) is 15.1. The van der Waals surface area contributed by atoms with Gasteiger partial charge in [-0.15, -0.1) is 0 Å². The van der Waals surface area contributed by atoms with Crippen molar-refractivity contribution in [3.05, 3.63) is 17.5 Å². The number of aryl methyl sites for hydroxylation is 1. The van der Waals surface area contributed by atoms with Crippen molar-refractivity contribution in [2.75, 3.05) is 26.8 Å². The van der Waals surface area contributed by atoms with Crippen LogP contribution in [0, 0.1) is 0 Å². The van der Waals surface area contributed by atoms with E-state index in [0.29, 0.717) is 18.8 Å². The highest BCUT2D eigenvalue weighted by atomic mass is 16.5. The molecule has 0 aliphatic carbocycles. The summed E-state index contributed by atoms with van der Waals surface area (Å²) in [6.07, 6.45) is 1.04. The number of carbonyl (C=O) groups excluding carboxylic acids is 1. The summed E-state index contributed by atoms with van der Waals surface area (Å²) >= 11 is 0. The third kappa shape index (κ3) is 3.04. The van der Waals surface area contributed by atoms with E-state index < -0.39 is 0 Å². The molecule has 0 aromatic carbocycles. The second-order valence-corrected chi connectivity index (χ2v) is 4.02. The average Bonchev–Trinajstić information content (AvgIpc) is 2.61. The van der Waals surface area contributed by atoms with Crippen molar-refractivity contribution in [2.24, 2.45) is 0 Å². The van der Waals surface area contributed by atoms with Gasteiger partial charge in [-0.25, -0.2) is 0 Å². The van der Waals surface area contributed by atoms with Gasteiger partial charge in [0.15, 0.2) is 0 Å². The van der Waals surface area contributed by atoms with Crippen molar-refractivity contribution in [1.29, 1.82) is 0 Å². The maximum atomic E-state index is 11.8. The number of fused-ring (bicyclic) bond motifs is 1. The standard InChI is InChI=1S/C11H18N4O2/c1-17-6-4-13-11(16)10-7-9-8-12-3-2-5-15(9)14-10/h7,12H,2-6,8H2,1H3,(H,13,16). The number of hydrogen-bond donors (Lipinski definition) is 2. The van der Waals surface area contributed by atoms with Gasteiger partial charge in [0.05, 0.1) is 12.3 Å². The van der Waals surface area contributed by atoms with Gasteiger partial charge >= 0.3 is 0 Å². The maximum absolute atomic E-state index is 11.8. The first-order chi connectivity index (χ1) is 8.31. The highest BCUT2D eigenvalue weighted by molar-refractivity contribution is 5.92. The number of methoxy groups -OCH3 is 1. The summed E-state index contributed by atoms with van der Waals surface area (Å²) in [7, 11) is 1.61. The molecule has 2 rings (SSSR count). The summed E-state index contributed by atoms with van der Waals surface area (Å²) in [6.45, 7) is 3.67. The number of rotatable bonds is 4. The predicted molar refractivity (Wildman–Crippen MR) is 62.8 cm³/mol. The first-order valence-electron chi connectivity index (χ1n) is 5.86. The summed E-state index contributed by atoms with van der Waals surface area (Å²) in [4.78, 5) is 11.8. The topological polar surface area (TPSA) is 68.2 Å². The lowest BCUT2D eigenvalue weighted by Crippen LogP contribution is -2.27. The lowest BCUT2D eigenvalue weighted by molar-refractivity contribution is 0.0931. The molecule has 1 aliphatic rings. The monoisotopic (exact) mass is 238 g/mol. The van der Waals surface area contributed by atoms with Crippen LogP contribution < -0.4 is 10.6 Å². The average molecular weight is 238 g/mol. The molecule has 0 unspecified atom stereocenters. The Morgan fingerprint density at radius 3 is 3.41 bits per heavy atom. The number of carbonyl (C=O) groups is 1. The molecular formula is C11H18N4O2. The fourth-order valence-electron chi connectivity index (χ4n) is 1.83. The van der Waals surface area contributed by atoms with Gasteiger partial charge in [-0.1, -0.05) is 0 Å². The Morgan fingerprint density at radius 1 is 1.71 bits per heavy atom. The number of hydrogen-bond acceptors (Lipinski definition) is 4. The zero-order chi connectivity index (χ0) is 12.1. The minimum atomic E-state index is -0.136. The molecule has 94 valence electrons. The van der Waals surface area contributed by atoms with Crippen LogP contribution in [0.3, 0.4) is 0 Å². The third-order valence-electron chi connectivity index (χ3n) is 2.72. The molecule has 1 aromatic rings. The quantitative estimate of drug-likeness (QED) is 0.710. The molecule has 6 heteroatoms. The Bertz CT molecular complexity index is 365. The van der Waals surface area contributed by atoms with Gasteiger partial charge in [-0.05, 0) is 19.0 Å². The molecule has 0 atom stereocenters. The Balaban J connectivity index is 1.99. The van der Waals surface area contributed by atoms with Crippen LogP contribution in [-0.2, 0) is 17.8 Å². The van der Waals surface area contributed by atoms with Crippen molar-refractivity contribution in [1.82, 2.24) is 20.4 Å². The van der Waals surface area contributed by atoms with E-state index in [1.807, 2.05) is 10.7 Å². The van der Waals surface area contributed by atoms with Crippen LogP contribution in [-0.4, -0.2) is 42.5 Å². The van der Waals surface area contributed by atoms with Gasteiger partial charge in [0.25, 0.3) is 5.91 Å². The number of amides is 1. The molecule has 0 bridgehead atoms. The molecule has 6 nitrogen and oxygen atoms in total. The van der Waals surface area contributed by atoms with Crippen LogP contribution in [0.25, 0.3) is 0 Å². The number of ether oxygens (including phenoxy) is 1. The molecule has 2 heterocycles. The van der Waals surface area contributed by atoms with E-state index >= 15 is 0 Å². The van der Waals surface area contributed by atoms with Crippen LogP contribution in [0.4, 0.5) is 0 Å². The maximum Gasteiger partial charge on any atom is 0.271 e. The Kier molecular flexibility index (Phi) is 4.11. The zero-order valence-corrected chi connectivity index (χ0v) is 10.0. The fraction of sp³-hybridized carbons (Fsp3) is 0.636. The smallest absolute Gasteiger partial charge is 0.271 e.